The summed E-state index contributed by atoms with van der Waals surface area (Å²) in [4.78, 5) is 38.3. The lowest BCUT2D eigenvalue weighted by molar-refractivity contribution is 0.177. The molecule has 7 rings (SSSR count). The molecule has 8 N–H and O–H groups in total. The molecule has 5 aromatic rings. The number of nitrogens with two attached hydrogens (primary N) is 1. The molecule has 1 aliphatic carbocycles. The van der Waals surface area contributed by atoms with Crippen LogP contribution in [-0.2, 0) is 32.6 Å². The van der Waals surface area contributed by atoms with Crippen molar-refractivity contribution >= 4 is 34.7 Å². The summed E-state index contributed by atoms with van der Waals surface area (Å²) in [6, 6.07) is 0.229. The van der Waals surface area contributed by atoms with Crippen molar-refractivity contribution in [3.05, 3.63) is 54.8 Å². The number of imidazole rings is 4. The van der Waals surface area contributed by atoms with Crippen molar-refractivity contribution in [3.63, 3.8) is 0 Å². The number of aliphatic imine (C=N–C) groups is 1. The Morgan fingerprint density at radius 2 is 1.70 bits per heavy atom. The predicted octanol–water partition coefficient (Wildman–Crippen LogP) is 1.59. The van der Waals surface area contributed by atoms with Crippen LogP contribution in [0.2, 0.25) is 0 Å². The molecule has 0 spiro atoms. The molecule has 1 fully saturated rings. The van der Waals surface area contributed by atoms with Gasteiger partial charge in [-0.2, -0.15) is 9.97 Å². The van der Waals surface area contributed by atoms with E-state index in [0.29, 0.717) is 36.5 Å². The first kappa shape index (κ1) is 27.8. The maximum Gasteiger partial charge on any atom is 0.226 e. The van der Waals surface area contributed by atoms with E-state index in [-0.39, 0.29) is 12.0 Å². The molecule has 5 aromatic heterocycles. The number of rotatable bonds is 10. The Bertz CT molecular complexity index is 1750. The summed E-state index contributed by atoms with van der Waals surface area (Å²) in [5.41, 5.74) is 10.6. The van der Waals surface area contributed by atoms with E-state index < -0.39 is 5.66 Å². The van der Waals surface area contributed by atoms with Gasteiger partial charge in [0.2, 0.25) is 5.95 Å². The second-order valence-corrected chi connectivity index (χ2v) is 11.7. The molecule has 0 saturated heterocycles. The van der Waals surface area contributed by atoms with E-state index in [0.717, 1.165) is 66.9 Å². The molecule has 1 saturated carbocycles. The highest BCUT2D eigenvalue weighted by atomic mass is 15.3. The van der Waals surface area contributed by atoms with Crippen LogP contribution in [-0.4, -0.2) is 74.1 Å². The van der Waals surface area contributed by atoms with Gasteiger partial charge in [0.05, 0.1) is 36.7 Å². The van der Waals surface area contributed by atoms with Gasteiger partial charge in [-0.3, -0.25) is 4.99 Å². The number of aromatic nitrogens is 10. The quantitative estimate of drug-likeness (QED) is 0.123. The molecule has 2 aliphatic rings. The largest absolute Gasteiger partial charge is 0.365 e. The van der Waals surface area contributed by atoms with E-state index in [9.17, 15) is 0 Å². The Morgan fingerprint density at radius 1 is 0.955 bits per heavy atom. The van der Waals surface area contributed by atoms with Crippen LogP contribution in [0.25, 0.3) is 11.2 Å². The fourth-order valence-corrected chi connectivity index (χ4v) is 6.17. The predicted molar refractivity (Wildman–Crippen MR) is 167 cm³/mol. The van der Waals surface area contributed by atoms with Gasteiger partial charge in [-0.25, -0.2) is 19.9 Å². The van der Waals surface area contributed by atoms with Crippen LogP contribution in [0, 0.1) is 5.92 Å². The van der Waals surface area contributed by atoms with E-state index >= 15 is 0 Å². The zero-order valence-electron chi connectivity index (χ0n) is 24.9. The van der Waals surface area contributed by atoms with Crippen molar-refractivity contribution in [2.24, 2.45) is 30.7 Å². The van der Waals surface area contributed by atoms with Gasteiger partial charge in [-0.1, -0.05) is 0 Å². The van der Waals surface area contributed by atoms with Crippen LogP contribution < -0.4 is 27.0 Å². The summed E-state index contributed by atoms with van der Waals surface area (Å²) >= 11 is 0. The number of fused-ring (bicyclic) bond motifs is 2. The lowest BCUT2D eigenvalue weighted by atomic mass is 9.76. The number of guanidine groups is 1. The van der Waals surface area contributed by atoms with Crippen molar-refractivity contribution in [1.29, 1.82) is 0 Å². The standard InChI is InChI=1S/C28H38N16/c1-43-11-19(36-15-43)7-9-30-26-39-23-21(32-13-34-23)24(40-26)38-18-5-3-17(4-6-18)28(29)22-25(35-14-33-22)41-27(42-28)31-10-8-20-12-44(2)16-37-20/h11-18H,3-10,29H2,1-2H3,(H,33,35)(H2,31,41,42)(H3,30,32,34,38,39,40). The van der Waals surface area contributed by atoms with Gasteiger partial charge in [0, 0.05) is 64.4 Å². The molecule has 0 bridgehead atoms. The van der Waals surface area contributed by atoms with Gasteiger partial charge in [0.25, 0.3) is 0 Å². The topological polar surface area (TPSA) is 205 Å². The Hall–Kier alpha value is -4.99. The number of aromatic amines is 2. The molecule has 44 heavy (non-hydrogen) atoms. The molecule has 230 valence electrons. The molecular formula is C28H38N16. The second kappa shape index (κ2) is 11.6. The van der Waals surface area contributed by atoms with Crippen LogP contribution in [0.1, 0.15) is 42.8 Å². The van der Waals surface area contributed by atoms with Crippen LogP contribution in [0.5, 0.6) is 0 Å². The molecule has 6 heterocycles. The van der Waals surface area contributed by atoms with Crippen LogP contribution in [0.3, 0.4) is 0 Å². The number of aryl methyl sites for hydroxylation is 2. The van der Waals surface area contributed by atoms with Crippen molar-refractivity contribution in [2.45, 2.75) is 50.2 Å². The number of nitrogens with zero attached hydrogens (tertiary/aromatic N) is 9. The van der Waals surface area contributed by atoms with E-state index in [1.807, 2.05) is 35.6 Å². The fraction of sp³-hybridized carbons (Fsp3) is 0.464. The minimum atomic E-state index is -0.817. The van der Waals surface area contributed by atoms with Crippen molar-refractivity contribution in [1.82, 2.24) is 54.3 Å². The summed E-state index contributed by atoms with van der Waals surface area (Å²) in [7, 11) is 3.93. The normalized spacial score (nSPS) is 22.5. The second-order valence-electron chi connectivity index (χ2n) is 11.7. The smallest absolute Gasteiger partial charge is 0.226 e. The summed E-state index contributed by atoms with van der Waals surface area (Å²) in [5, 5.41) is 13.8. The maximum atomic E-state index is 7.15. The molecule has 1 unspecified atom stereocenters. The highest BCUT2D eigenvalue weighted by Gasteiger charge is 2.45. The Morgan fingerprint density at radius 3 is 2.45 bits per heavy atom. The first-order valence-corrected chi connectivity index (χ1v) is 15.0. The monoisotopic (exact) mass is 598 g/mol. The first-order chi connectivity index (χ1) is 21.4. The van der Waals surface area contributed by atoms with Gasteiger partial charge >= 0.3 is 0 Å². The molecule has 1 aliphatic heterocycles. The van der Waals surface area contributed by atoms with E-state index in [4.69, 9.17) is 15.7 Å². The van der Waals surface area contributed by atoms with Crippen LogP contribution >= 0.6 is 0 Å². The number of nitrogens with one attached hydrogen (secondary N) is 6. The maximum absolute atomic E-state index is 7.15. The molecule has 0 amide bonds. The summed E-state index contributed by atoms with van der Waals surface area (Å²) < 4.78 is 3.88. The molecular weight excluding hydrogens is 560 g/mol. The minimum absolute atomic E-state index is 0.171. The van der Waals surface area contributed by atoms with Gasteiger partial charge in [0.1, 0.15) is 16.9 Å². The van der Waals surface area contributed by atoms with Crippen molar-refractivity contribution in [3.8, 4) is 0 Å². The van der Waals surface area contributed by atoms with E-state index in [1.54, 1.807) is 25.3 Å². The van der Waals surface area contributed by atoms with Gasteiger partial charge < -0.3 is 46.1 Å². The first-order valence-electron chi connectivity index (χ1n) is 15.0. The molecule has 16 nitrogen and oxygen atoms in total. The van der Waals surface area contributed by atoms with Gasteiger partial charge in [-0.05, 0) is 25.7 Å². The average molecular weight is 599 g/mol. The lowest BCUT2D eigenvalue weighted by Crippen LogP contribution is -2.63. The number of anilines is 3. The zero-order valence-corrected chi connectivity index (χ0v) is 24.9. The summed E-state index contributed by atoms with van der Waals surface area (Å²) in [5.74, 6) is 2.81. The molecule has 0 radical (unpaired) electrons. The van der Waals surface area contributed by atoms with E-state index in [2.05, 4.69) is 56.2 Å². The van der Waals surface area contributed by atoms with Crippen LogP contribution in [0.15, 0.2) is 42.7 Å². The minimum Gasteiger partial charge on any atom is -0.365 e. The molecule has 1 atom stereocenters. The Labute approximate surface area is 253 Å². The Kier molecular flexibility index (Phi) is 7.33. The van der Waals surface area contributed by atoms with Crippen LogP contribution in [0.4, 0.5) is 17.6 Å². The average Bonchev–Trinajstić information content (AvgIpc) is 3.82. The number of H-pyrrole nitrogens is 2. The SMILES string of the molecule is Cn1cnc(CCN=C2Nc3nc[nH]c3C(N)(C3CCC(Nc4nc(NCCc5cn(C)cn5)nc5nc[nH]c45)CC3)N2)c1. The van der Waals surface area contributed by atoms with Crippen molar-refractivity contribution < 1.29 is 0 Å². The molecule has 16 heteroatoms. The highest BCUT2D eigenvalue weighted by Crippen LogP contribution is 2.40. The summed E-state index contributed by atoms with van der Waals surface area (Å²) in [6.07, 6.45) is 16.1. The lowest BCUT2D eigenvalue weighted by Gasteiger charge is -2.44. The van der Waals surface area contributed by atoms with E-state index in [1.165, 1.54) is 0 Å². The number of hydrogen-bond donors (Lipinski definition) is 7. The van der Waals surface area contributed by atoms with Gasteiger partial charge in [0.15, 0.2) is 23.2 Å². The Balaban J connectivity index is 0.997. The zero-order chi connectivity index (χ0) is 30.1. The molecule has 0 aromatic carbocycles. The number of hydrogen-bond acceptors (Lipinski definition) is 10. The summed E-state index contributed by atoms with van der Waals surface area (Å²) in [6.45, 7) is 1.25. The van der Waals surface area contributed by atoms with Gasteiger partial charge in [-0.15, -0.1) is 0 Å². The third-order valence-corrected chi connectivity index (χ3v) is 8.43. The fourth-order valence-electron chi connectivity index (χ4n) is 6.17. The third kappa shape index (κ3) is 5.67. The third-order valence-electron chi connectivity index (χ3n) is 8.43. The van der Waals surface area contributed by atoms with Crippen molar-refractivity contribution in [2.75, 3.05) is 29.0 Å². The highest BCUT2D eigenvalue weighted by molar-refractivity contribution is 5.96.